The number of anilines is 1. The molecule has 0 aliphatic carbocycles. The molecule has 0 aliphatic heterocycles. The molecule has 72 valence electrons. The minimum Gasteiger partial charge on any atom is -0.437 e. The van der Waals surface area contributed by atoms with Crippen molar-refractivity contribution in [2.24, 2.45) is 0 Å². The Labute approximate surface area is 75.2 Å². The Hall–Kier alpha value is -1.56. The van der Waals surface area contributed by atoms with Crippen LogP contribution in [0, 0.1) is 0 Å². The third-order valence-corrected chi connectivity index (χ3v) is 1.28. The fourth-order valence-corrected chi connectivity index (χ4v) is 0.769. The lowest BCUT2D eigenvalue weighted by molar-refractivity contribution is -0.154. The SMILES string of the molecule is COCOC(=O)Cn1cc(N)cn1. The predicted octanol–water partition coefficient (Wildman–Crippen LogP) is -0.388. The highest BCUT2D eigenvalue weighted by Crippen LogP contribution is 1.97. The van der Waals surface area contributed by atoms with E-state index in [9.17, 15) is 4.79 Å². The largest absolute Gasteiger partial charge is 0.437 e. The second-order valence-corrected chi connectivity index (χ2v) is 2.39. The first-order valence-electron chi connectivity index (χ1n) is 3.65. The number of aromatic nitrogens is 2. The van der Waals surface area contributed by atoms with Crippen LogP contribution in [0.2, 0.25) is 0 Å². The monoisotopic (exact) mass is 185 g/mol. The first-order chi connectivity index (χ1) is 6.22. The molecule has 0 saturated carbocycles. The number of hydrogen-bond donors (Lipinski definition) is 1. The van der Waals surface area contributed by atoms with Gasteiger partial charge in [0.25, 0.3) is 0 Å². The van der Waals surface area contributed by atoms with Crippen molar-refractivity contribution in [3.05, 3.63) is 12.4 Å². The normalized spacial score (nSPS) is 9.92. The van der Waals surface area contributed by atoms with E-state index >= 15 is 0 Å². The zero-order chi connectivity index (χ0) is 9.68. The summed E-state index contributed by atoms with van der Waals surface area (Å²) in [5.74, 6) is -0.412. The topological polar surface area (TPSA) is 79.4 Å². The van der Waals surface area contributed by atoms with Crippen molar-refractivity contribution in [1.29, 1.82) is 0 Å². The quantitative estimate of drug-likeness (QED) is 0.510. The molecule has 13 heavy (non-hydrogen) atoms. The molecule has 0 unspecified atom stereocenters. The number of nitrogens with zero attached hydrogens (tertiary/aromatic N) is 2. The number of nitrogens with two attached hydrogens (primary N) is 1. The zero-order valence-electron chi connectivity index (χ0n) is 7.27. The van der Waals surface area contributed by atoms with Gasteiger partial charge in [-0.3, -0.25) is 4.68 Å². The maximum absolute atomic E-state index is 11.0. The number of nitrogen functional groups attached to an aromatic ring is 1. The number of methoxy groups -OCH3 is 1. The highest BCUT2D eigenvalue weighted by molar-refractivity contribution is 5.69. The summed E-state index contributed by atoms with van der Waals surface area (Å²) in [6, 6.07) is 0. The lowest BCUT2D eigenvalue weighted by atomic mass is 10.6. The molecule has 1 rings (SSSR count). The van der Waals surface area contributed by atoms with Gasteiger partial charge in [-0.25, -0.2) is 4.79 Å². The van der Waals surface area contributed by atoms with Crippen LogP contribution < -0.4 is 5.73 Å². The summed E-state index contributed by atoms with van der Waals surface area (Å²) < 4.78 is 10.6. The third-order valence-electron chi connectivity index (χ3n) is 1.28. The van der Waals surface area contributed by atoms with Crippen LogP contribution in [0.3, 0.4) is 0 Å². The summed E-state index contributed by atoms with van der Waals surface area (Å²) in [6.45, 7) is -0.00383. The van der Waals surface area contributed by atoms with Crippen molar-refractivity contribution in [3.63, 3.8) is 0 Å². The van der Waals surface area contributed by atoms with Gasteiger partial charge in [-0.1, -0.05) is 0 Å². The van der Waals surface area contributed by atoms with E-state index in [1.807, 2.05) is 0 Å². The number of carbonyl (C=O) groups excluding carboxylic acids is 1. The van der Waals surface area contributed by atoms with Gasteiger partial charge in [0.2, 0.25) is 0 Å². The number of rotatable bonds is 4. The van der Waals surface area contributed by atoms with Gasteiger partial charge in [0, 0.05) is 13.3 Å². The Balaban J connectivity index is 2.36. The third kappa shape index (κ3) is 3.12. The van der Waals surface area contributed by atoms with Crippen molar-refractivity contribution in [3.8, 4) is 0 Å². The Morgan fingerprint density at radius 2 is 2.54 bits per heavy atom. The Kier molecular flexibility index (Phi) is 3.27. The molecule has 0 aliphatic rings. The molecule has 1 aromatic rings. The van der Waals surface area contributed by atoms with Gasteiger partial charge < -0.3 is 15.2 Å². The van der Waals surface area contributed by atoms with E-state index in [1.54, 1.807) is 6.20 Å². The highest BCUT2D eigenvalue weighted by Gasteiger charge is 2.04. The van der Waals surface area contributed by atoms with Gasteiger partial charge in [0.05, 0.1) is 11.9 Å². The summed E-state index contributed by atoms with van der Waals surface area (Å²) in [6.07, 6.45) is 3.01. The van der Waals surface area contributed by atoms with E-state index < -0.39 is 5.97 Å². The van der Waals surface area contributed by atoms with Crippen molar-refractivity contribution in [2.45, 2.75) is 6.54 Å². The Morgan fingerprint density at radius 3 is 3.08 bits per heavy atom. The minimum atomic E-state index is -0.412. The maximum Gasteiger partial charge on any atom is 0.329 e. The molecular formula is C7H11N3O3. The van der Waals surface area contributed by atoms with Gasteiger partial charge in [-0.2, -0.15) is 5.10 Å². The summed E-state index contributed by atoms with van der Waals surface area (Å²) in [7, 11) is 1.44. The maximum atomic E-state index is 11.0. The summed E-state index contributed by atoms with van der Waals surface area (Å²) in [5, 5.41) is 3.81. The highest BCUT2D eigenvalue weighted by atomic mass is 16.7. The van der Waals surface area contributed by atoms with E-state index in [-0.39, 0.29) is 13.3 Å². The van der Waals surface area contributed by atoms with Crippen molar-refractivity contribution in [1.82, 2.24) is 9.78 Å². The molecule has 0 fully saturated rings. The van der Waals surface area contributed by atoms with E-state index in [4.69, 9.17) is 5.73 Å². The first kappa shape index (κ1) is 9.53. The van der Waals surface area contributed by atoms with E-state index in [1.165, 1.54) is 18.0 Å². The standard InChI is InChI=1S/C7H11N3O3/c1-12-5-13-7(11)4-10-3-6(8)2-9-10/h2-3H,4-5,8H2,1H3. The molecule has 0 atom stereocenters. The Morgan fingerprint density at radius 1 is 1.77 bits per heavy atom. The molecule has 0 bridgehead atoms. The number of esters is 1. The molecule has 6 heteroatoms. The zero-order valence-corrected chi connectivity index (χ0v) is 7.27. The van der Waals surface area contributed by atoms with E-state index in [0.717, 1.165) is 0 Å². The average molecular weight is 185 g/mol. The molecule has 0 amide bonds. The van der Waals surface area contributed by atoms with Crippen LogP contribution in [0.4, 0.5) is 5.69 Å². The lowest BCUT2D eigenvalue weighted by Crippen LogP contribution is -2.15. The molecule has 0 spiro atoms. The minimum absolute atomic E-state index is 0.0422. The summed E-state index contributed by atoms with van der Waals surface area (Å²) in [5.41, 5.74) is 5.91. The second-order valence-electron chi connectivity index (χ2n) is 2.39. The van der Waals surface area contributed by atoms with Crippen LogP contribution in [0.25, 0.3) is 0 Å². The molecule has 1 aromatic heterocycles. The lowest BCUT2D eigenvalue weighted by Gasteiger charge is -2.02. The summed E-state index contributed by atoms with van der Waals surface area (Å²) >= 11 is 0. The average Bonchev–Trinajstić information content (AvgIpc) is 2.48. The van der Waals surface area contributed by atoms with Crippen molar-refractivity contribution in [2.75, 3.05) is 19.6 Å². The van der Waals surface area contributed by atoms with Crippen LogP contribution in [0.15, 0.2) is 12.4 Å². The number of hydrogen-bond acceptors (Lipinski definition) is 5. The fraction of sp³-hybridized carbons (Fsp3) is 0.429. The second kappa shape index (κ2) is 4.46. The van der Waals surface area contributed by atoms with Crippen LogP contribution in [0.1, 0.15) is 0 Å². The Bertz CT molecular complexity index is 284. The van der Waals surface area contributed by atoms with Crippen LogP contribution in [-0.4, -0.2) is 29.7 Å². The molecule has 2 N–H and O–H groups in total. The molecular weight excluding hydrogens is 174 g/mol. The molecule has 0 aromatic carbocycles. The van der Waals surface area contributed by atoms with Gasteiger partial charge >= 0.3 is 5.97 Å². The van der Waals surface area contributed by atoms with E-state index in [0.29, 0.717) is 5.69 Å². The van der Waals surface area contributed by atoms with E-state index in [2.05, 4.69) is 14.6 Å². The molecule has 0 saturated heterocycles. The van der Waals surface area contributed by atoms with Crippen molar-refractivity contribution >= 4 is 11.7 Å². The smallest absolute Gasteiger partial charge is 0.329 e. The predicted molar refractivity (Wildman–Crippen MR) is 44.6 cm³/mol. The van der Waals surface area contributed by atoms with Crippen LogP contribution in [-0.2, 0) is 20.8 Å². The summed E-state index contributed by atoms with van der Waals surface area (Å²) in [4.78, 5) is 11.0. The van der Waals surface area contributed by atoms with Crippen LogP contribution >= 0.6 is 0 Å². The number of ether oxygens (including phenoxy) is 2. The number of carbonyl (C=O) groups is 1. The molecule has 1 heterocycles. The fourth-order valence-electron chi connectivity index (χ4n) is 0.769. The van der Waals surface area contributed by atoms with Gasteiger partial charge in [-0.15, -0.1) is 0 Å². The molecule has 0 radical (unpaired) electrons. The first-order valence-corrected chi connectivity index (χ1v) is 3.65. The van der Waals surface area contributed by atoms with Gasteiger partial charge in [0.15, 0.2) is 6.79 Å². The van der Waals surface area contributed by atoms with Crippen molar-refractivity contribution < 1.29 is 14.3 Å². The van der Waals surface area contributed by atoms with Crippen LogP contribution in [0.5, 0.6) is 0 Å². The van der Waals surface area contributed by atoms with Gasteiger partial charge in [0.1, 0.15) is 6.54 Å². The van der Waals surface area contributed by atoms with Gasteiger partial charge in [-0.05, 0) is 0 Å². The molecule has 6 nitrogen and oxygen atoms in total.